The van der Waals surface area contributed by atoms with E-state index in [0.717, 1.165) is 17.9 Å². The monoisotopic (exact) mass is 221 g/mol. The molecule has 2 bridgehead atoms. The zero-order valence-corrected chi connectivity index (χ0v) is 10.1. The van der Waals surface area contributed by atoms with Crippen LogP contribution in [-0.4, -0.2) is 6.04 Å². The Morgan fingerprint density at radius 2 is 2.33 bits per heavy atom. The predicted octanol–water partition coefficient (Wildman–Crippen LogP) is 3.59. The van der Waals surface area contributed by atoms with Crippen LogP contribution in [0.25, 0.3) is 0 Å². The fourth-order valence-electron chi connectivity index (χ4n) is 3.39. The Kier molecular flexibility index (Phi) is 2.57. The van der Waals surface area contributed by atoms with Crippen molar-refractivity contribution in [3.8, 4) is 0 Å². The fraction of sp³-hybridized carbons (Fsp3) is 0.692. The predicted molar refractivity (Wildman–Crippen MR) is 65.1 cm³/mol. The van der Waals surface area contributed by atoms with E-state index in [9.17, 15) is 0 Å². The van der Waals surface area contributed by atoms with Gasteiger partial charge in [-0.3, -0.25) is 0 Å². The van der Waals surface area contributed by atoms with E-state index in [4.69, 9.17) is 0 Å². The highest BCUT2D eigenvalue weighted by atomic mass is 32.1. The number of hydrogen-bond donors (Lipinski definition) is 1. The minimum absolute atomic E-state index is 0.550. The van der Waals surface area contributed by atoms with Gasteiger partial charge in [-0.1, -0.05) is 12.5 Å². The Morgan fingerprint density at radius 3 is 2.93 bits per heavy atom. The molecule has 1 N–H and O–H groups in total. The second kappa shape index (κ2) is 3.91. The number of nitrogens with one attached hydrogen (secondary N) is 1. The highest BCUT2D eigenvalue weighted by molar-refractivity contribution is 7.10. The molecule has 2 aliphatic rings. The van der Waals surface area contributed by atoms with E-state index >= 15 is 0 Å². The van der Waals surface area contributed by atoms with Gasteiger partial charge in [0.15, 0.2) is 0 Å². The van der Waals surface area contributed by atoms with Crippen molar-refractivity contribution in [2.75, 3.05) is 0 Å². The maximum Gasteiger partial charge on any atom is 0.0388 e. The second-order valence-electron chi connectivity index (χ2n) is 5.19. The third-order valence-corrected chi connectivity index (χ3v) is 5.23. The van der Waals surface area contributed by atoms with Crippen LogP contribution in [0.1, 0.15) is 43.5 Å². The lowest BCUT2D eigenvalue weighted by Crippen LogP contribution is -2.35. The molecular weight excluding hydrogens is 202 g/mol. The summed E-state index contributed by atoms with van der Waals surface area (Å²) in [7, 11) is 0. The molecule has 0 amide bonds. The van der Waals surface area contributed by atoms with E-state index in [-0.39, 0.29) is 0 Å². The molecule has 1 aromatic rings. The second-order valence-corrected chi connectivity index (χ2v) is 6.16. The third kappa shape index (κ3) is 1.85. The van der Waals surface area contributed by atoms with Crippen LogP contribution in [-0.2, 0) is 0 Å². The van der Waals surface area contributed by atoms with Crippen LogP contribution >= 0.6 is 11.3 Å². The van der Waals surface area contributed by atoms with Gasteiger partial charge in [0.05, 0.1) is 0 Å². The van der Waals surface area contributed by atoms with Gasteiger partial charge in [0, 0.05) is 17.0 Å². The van der Waals surface area contributed by atoms with Crippen molar-refractivity contribution in [1.29, 1.82) is 0 Å². The fourth-order valence-corrected chi connectivity index (χ4v) is 4.13. The van der Waals surface area contributed by atoms with E-state index in [1.165, 1.54) is 30.6 Å². The largest absolute Gasteiger partial charge is 0.306 e. The number of rotatable bonds is 3. The van der Waals surface area contributed by atoms with Crippen molar-refractivity contribution in [1.82, 2.24) is 5.32 Å². The molecule has 2 fully saturated rings. The Balaban J connectivity index is 1.62. The van der Waals surface area contributed by atoms with Crippen molar-refractivity contribution < 1.29 is 0 Å². The van der Waals surface area contributed by atoms with Crippen LogP contribution in [0.3, 0.4) is 0 Å². The van der Waals surface area contributed by atoms with Crippen molar-refractivity contribution in [3.05, 3.63) is 22.4 Å². The molecule has 2 heteroatoms. The van der Waals surface area contributed by atoms with Crippen molar-refractivity contribution in [2.45, 2.75) is 44.7 Å². The van der Waals surface area contributed by atoms with Gasteiger partial charge in [-0.25, -0.2) is 0 Å². The van der Waals surface area contributed by atoms with Gasteiger partial charge in [-0.2, -0.15) is 0 Å². The van der Waals surface area contributed by atoms with Crippen molar-refractivity contribution in [3.63, 3.8) is 0 Å². The maximum atomic E-state index is 3.82. The van der Waals surface area contributed by atoms with Crippen LogP contribution in [0.2, 0.25) is 0 Å². The summed E-state index contributed by atoms with van der Waals surface area (Å²) in [6, 6.07) is 5.75. The summed E-state index contributed by atoms with van der Waals surface area (Å²) in [6.45, 7) is 2.30. The highest BCUT2D eigenvalue weighted by Crippen LogP contribution is 2.45. The molecule has 82 valence electrons. The Bertz CT molecular complexity index is 319. The molecule has 0 aromatic carbocycles. The summed E-state index contributed by atoms with van der Waals surface area (Å²) in [4.78, 5) is 1.48. The minimum Gasteiger partial charge on any atom is -0.306 e. The van der Waals surface area contributed by atoms with Gasteiger partial charge >= 0.3 is 0 Å². The zero-order valence-electron chi connectivity index (χ0n) is 9.28. The summed E-state index contributed by atoms with van der Waals surface area (Å²) in [5.41, 5.74) is 0. The molecule has 0 spiro atoms. The standard InChI is InChI=1S/C13H19NS/c1-9(13-3-2-6-15-13)14-12-8-10-4-5-11(12)7-10/h2-3,6,9-12,14H,4-5,7-8H2,1H3/t9-,10?,11?,12?/m1/s1. The molecule has 2 aliphatic carbocycles. The Hall–Kier alpha value is -0.340. The molecule has 3 unspecified atom stereocenters. The van der Waals surface area contributed by atoms with Gasteiger partial charge in [0.1, 0.15) is 0 Å². The normalized spacial score (nSPS) is 35.9. The van der Waals surface area contributed by atoms with Crippen LogP contribution in [0.4, 0.5) is 0 Å². The minimum atomic E-state index is 0.550. The van der Waals surface area contributed by atoms with Gasteiger partial charge in [0.25, 0.3) is 0 Å². The van der Waals surface area contributed by atoms with E-state index < -0.39 is 0 Å². The van der Waals surface area contributed by atoms with E-state index in [1.54, 1.807) is 0 Å². The van der Waals surface area contributed by atoms with Crippen molar-refractivity contribution >= 4 is 11.3 Å². The molecule has 1 nitrogen and oxygen atoms in total. The van der Waals surface area contributed by atoms with E-state index in [2.05, 4.69) is 29.8 Å². The van der Waals surface area contributed by atoms with Crippen LogP contribution in [0.5, 0.6) is 0 Å². The van der Waals surface area contributed by atoms with Gasteiger partial charge in [-0.05, 0) is 49.5 Å². The Morgan fingerprint density at radius 1 is 1.40 bits per heavy atom. The number of fused-ring (bicyclic) bond motifs is 2. The smallest absolute Gasteiger partial charge is 0.0388 e. The molecule has 0 saturated heterocycles. The van der Waals surface area contributed by atoms with Crippen LogP contribution in [0, 0.1) is 11.8 Å². The lowest BCUT2D eigenvalue weighted by molar-refractivity contribution is 0.328. The average Bonchev–Trinajstić information content (AvgIpc) is 2.95. The number of hydrogen-bond acceptors (Lipinski definition) is 2. The van der Waals surface area contributed by atoms with Gasteiger partial charge in [-0.15, -0.1) is 11.3 Å². The summed E-state index contributed by atoms with van der Waals surface area (Å²) in [5, 5.41) is 6.00. The summed E-state index contributed by atoms with van der Waals surface area (Å²) >= 11 is 1.87. The first-order valence-corrected chi connectivity index (χ1v) is 7.00. The molecule has 2 saturated carbocycles. The average molecular weight is 221 g/mol. The topological polar surface area (TPSA) is 12.0 Å². The molecule has 15 heavy (non-hydrogen) atoms. The first kappa shape index (κ1) is 9.86. The summed E-state index contributed by atoms with van der Waals surface area (Å²) < 4.78 is 0. The summed E-state index contributed by atoms with van der Waals surface area (Å²) in [5.74, 6) is 2.03. The molecule has 0 aliphatic heterocycles. The molecule has 1 heterocycles. The lowest BCUT2D eigenvalue weighted by atomic mass is 9.95. The third-order valence-electron chi connectivity index (χ3n) is 4.17. The van der Waals surface area contributed by atoms with E-state index in [0.29, 0.717) is 6.04 Å². The maximum absolute atomic E-state index is 3.82. The first-order valence-electron chi connectivity index (χ1n) is 6.12. The zero-order chi connectivity index (χ0) is 10.3. The summed E-state index contributed by atoms with van der Waals surface area (Å²) in [6.07, 6.45) is 5.89. The van der Waals surface area contributed by atoms with Gasteiger partial charge < -0.3 is 5.32 Å². The SMILES string of the molecule is C[C@@H](NC1CC2CCC1C2)c1cccs1. The first-order chi connectivity index (χ1) is 7.33. The van der Waals surface area contributed by atoms with Crippen LogP contribution in [0.15, 0.2) is 17.5 Å². The van der Waals surface area contributed by atoms with Gasteiger partial charge in [0.2, 0.25) is 0 Å². The molecule has 1 aromatic heterocycles. The molecular formula is C13H19NS. The van der Waals surface area contributed by atoms with Crippen molar-refractivity contribution in [2.24, 2.45) is 11.8 Å². The van der Waals surface area contributed by atoms with E-state index in [1.807, 2.05) is 11.3 Å². The highest BCUT2D eigenvalue weighted by Gasteiger charge is 2.39. The number of thiophene rings is 1. The quantitative estimate of drug-likeness (QED) is 0.822. The lowest BCUT2D eigenvalue weighted by Gasteiger charge is -2.26. The molecule has 3 rings (SSSR count). The van der Waals surface area contributed by atoms with Crippen LogP contribution < -0.4 is 5.32 Å². The molecule has 0 radical (unpaired) electrons. The Labute approximate surface area is 95.9 Å². The molecule has 4 atom stereocenters.